The second kappa shape index (κ2) is 3.72. The van der Waals surface area contributed by atoms with Crippen LogP contribution in [-0.2, 0) is 0 Å². The summed E-state index contributed by atoms with van der Waals surface area (Å²) in [7, 11) is 0. The predicted molar refractivity (Wildman–Crippen MR) is 61.8 cm³/mol. The number of piperazine rings is 1. The Morgan fingerprint density at radius 2 is 1.81 bits per heavy atom. The number of hydrogen-bond donors (Lipinski definition) is 1. The molecule has 82 valence electrons. The van der Waals surface area contributed by atoms with E-state index in [1.54, 1.807) is 0 Å². The summed E-state index contributed by atoms with van der Waals surface area (Å²) in [6.45, 7) is 3.74. The zero-order valence-corrected chi connectivity index (χ0v) is 8.94. The third-order valence-corrected chi connectivity index (χ3v) is 3.02. The summed E-state index contributed by atoms with van der Waals surface area (Å²) in [5.41, 5.74) is 1.71. The molecule has 2 heterocycles. The van der Waals surface area contributed by atoms with Crippen LogP contribution in [-0.4, -0.2) is 42.8 Å². The molecule has 0 aliphatic carbocycles. The molecule has 2 aliphatic rings. The van der Waals surface area contributed by atoms with Gasteiger partial charge in [-0.3, -0.25) is 4.79 Å². The number of hydrogen-bond acceptors (Lipinski definition) is 3. The molecular formula is C12H13N3O. The van der Waals surface area contributed by atoms with Crippen LogP contribution in [0.3, 0.4) is 0 Å². The molecule has 0 aromatic heterocycles. The Labute approximate surface area is 94.0 Å². The van der Waals surface area contributed by atoms with E-state index < -0.39 is 0 Å². The number of amides is 1. The Morgan fingerprint density at radius 1 is 1.12 bits per heavy atom. The van der Waals surface area contributed by atoms with Crippen molar-refractivity contribution in [1.29, 1.82) is 0 Å². The number of carbonyl (C=O) groups is 1. The largest absolute Gasteiger partial charge is 0.353 e. The lowest BCUT2D eigenvalue weighted by Crippen LogP contribution is -2.46. The molecule has 1 fully saturated rings. The van der Waals surface area contributed by atoms with Crippen LogP contribution in [0.5, 0.6) is 0 Å². The molecule has 0 bridgehead atoms. The van der Waals surface area contributed by atoms with E-state index in [0.29, 0.717) is 0 Å². The standard InChI is InChI=1S/C12H13N3O/c16-12-10-4-2-1-3-9(10)11(14-12)15-7-5-13-6-8-15/h1-4,13H,5-8H2. The van der Waals surface area contributed by atoms with Crippen molar-refractivity contribution >= 4 is 11.7 Å². The fourth-order valence-corrected chi connectivity index (χ4v) is 2.20. The fraction of sp³-hybridized carbons (Fsp3) is 0.333. The van der Waals surface area contributed by atoms with Gasteiger partial charge in [-0.1, -0.05) is 18.2 Å². The topological polar surface area (TPSA) is 44.7 Å². The van der Waals surface area contributed by atoms with E-state index in [0.717, 1.165) is 43.1 Å². The van der Waals surface area contributed by atoms with Crippen molar-refractivity contribution in [3.63, 3.8) is 0 Å². The van der Waals surface area contributed by atoms with Crippen LogP contribution >= 0.6 is 0 Å². The number of benzene rings is 1. The first-order chi connectivity index (χ1) is 7.86. The number of rotatable bonds is 0. The Kier molecular flexibility index (Phi) is 2.22. The van der Waals surface area contributed by atoms with E-state index in [1.165, 1.54) is 0 Å². The van der Waals surface area contributed by atoms with Crippen molar-refractivity contribution < 1.29 is 4.79 Å². The third kappa shape index (κ3) is 1.42. The van der Waals surface area contributed by atoms with Gasteiger partial charge in [0, 0.05) is 31.7 Å². The number of nitrogens with one attached hydrogen (secondary N) is 1. The summed E-state index contributed by atoms with van der Waals surface area (Å²) >= 11 is 0. The first kappa shape index (κ1) is 9.54. The van der Waals surface area contributed by atoms with Gasteiger partial charge in [0.2, 0.25) is 0 Å². The summed E-state index contributed by atoms with van der Waals surface area (Å²) in [5, 5.41) is 3.29. The highest BCUT2D eigenvalue weighted by atomic mass is 16.1. The number of carbonyl (C=O) groups excluding carboxylic acids is 1. The minimum atomic E-state index is -0.107. The van der Waals surface area contributed by atoms with Crippen molar-refractivity contribution in [2.24, 2.45) is 4.99 Å². The van der Waals surface area contributed by atoms with Crippen molar-refractivity contribution in [3.8, 4) is 0 Å². The minimum Gasteiger partial charge on any atom is -0.353 e. The highest BCUT2D eigenvalue weighted by Crippen LogP contribution is 2.20. The van der Waals surface area contributed by atoms with E-state index in [4.69, 9.17) is 0 Å². The number of amidine groups is 1. The maximum absolute atomic E-state index is 11.7. The molecular weight excluding hydrogens is 202 g/mol. The third-order valence-electron chi connectivity index (χ3n) is 3.02. The summed E-state index contributed by atoms with van der Waals surface area (Å²) in [6.07, 6.45) is 0. The minimum absolute atomic E-state index is 0.107. The van der Waals surface area contributed by atoms with E-state index in [1.807, 2.05) is 24.3 Å². The molecule has 0 atom stereocenters. The van der Waals surface area contributed by atoms with Crippen LogP contribution in [0.4, 0.5) is 0 Å². The van der Waals surface area contributed by atoms with Gasteiger partial charge in [0.1, 0.15) is 5.84 Å². The molecule has 0 spiro atoms. The Balaban J connectivity index is 1.97. The zero-order valence-electron chi connectivity index (χ0n) is 8.94. The van der Waals surface area contributed by atoms with Crippen LogP contribution in [0.1, 0.15) is 15.9 Å². The van der Waals surface area contributed by atoms with Crippen molar-refractivity contribution in [3.05, 3.63) is 35.4 Å². The number of aliphatic imine (C=N–C) groups is 1. The molecule has 0 radical (unpaired) electrons. The molecule has 1 amide bonds. The van der Waals surface area contributed by atoms with Gasteiger partial charge in [0.15, 0.2) is 0 Å². The van der Waals surface area contributed by atoms with E-state index in [2.05, 4.69) is 15.2 Å². The average Bonchev–Trinajstić information content (AvgIpc) is 2.69. The first-order valence-electron chi connectivity index (χ1n) is 5.54. The van der Waals surface area contributed by atoms with Gasteiger partial charge in [-0.2, -0.15) is 4.99 Å². The predicted octanol–water partition coefficient (Wildman–Crippen LogP) is 0.492. The summed E-state index contributed by atoms with van der Waals surface area (Å²) in [4.78, 5) is 18.0. The van der Waals surface area contributed by atoms with Crippen LogP contribution in [0, 0.1) is 0 Å². The molecule has 2 aliphatic heterocycles. The number of fused-ring (bicyclic) bond motifs is 1. The smallest absolute Gasteiger partial charge is 0.279 e. The lowest BCUT2D eigenvalue weighted by atomic mass is 10.1. The van der Waals surface area contributed by atoms with Gasteiger partial charge in [-0.05, 0) is 6.07 Å². The van der Waals surface area contributed by atoms with Crippen LogP contribution in [0.15, 0.2) is 29.3 Å². The molecule has 1 aromatic rings. The summed E-state index contributed by atoms with van der Waals surface area (Å²) in [6, 6.07) is 7.65. The summed E-state index contributed by atoms with van der Waals surface area (Å²) < 4.78 is 0. The molecule has 1 saturated heterocycles. The van der Waals surface area contributed by atoms with E-state index >= 15 is 0 Å². The highest BCUT2D eigenvalue weighted by Gasteiger charge is 2.27. The second-order valence-corrected chi connectivity index (χ2v) is 4.02. The van der Waals surface area contributed by atoms with Gasteiger partial charge in [-0.15, -0.1) is 0 Å². The van der Waals surface area contributed by atoms with Gasteiger partial charge >= 0.3 is 0 Å². The molecule has 3 rings (SSSR count). The van der Waals surface area contributed by atoms with Crippen molar-refractivity contribution in [2.45, 2.75) is 0 Å². The van der Waals surface area contributed by atoms with Crippen LogP contribution in [0.2, 0.25) is 0 Å². The SMILES string of the molecule is O=C1N=C(N2CCNCC2)c2ccccc21. The number of nitrogens with zero attached hydrogens (tertiary/aromatic N) is 2. The highest BCUT2D eigenvalue weighted by molar-refractivity contribution is 6.20. The molecule has 1 aromatic carbocycles. The summed E-state index contributed by atoms with van der Waals surface area (Å²) in [5.74, 6) is 0.742. The first-order valence-corrected chi connectivity index (χ1v) is 5.54. The van der Waals surface area contributed by atoms with Crippen LogP contribution < -0.4 is 5.32 Å². The van der Waals surface area contributed by atoms with Gasteiger partial charge in [0.25, 0.3) is 5.91 Å². The van der Waals surface area contributed by atoms with Gasteiger partial charge in [-0.25, -0.2) is 0 Å². The van der Waals surface area contributed by atoms with Gasteiger partial charge in [0.05, 0.1) is 5.56 Å². The maximum Gasteiger partial charge on any atom is 0.279 e. The lowest BCUT2D eigenvalue weighted by molar-refractivity contribution is 0.101. The zero-order chi connectivity index (χ0) is 11.0. The van der Waals surface area contributed by atoms with Gasteiger partial charge < -0.3 is 10.2 Å². The Morgan fingerprint density at radius 3 is 2.56 bits per heavy atom. The Hall–Kier alpha value is -1.68. The molecule has 4 heteroatoms. The van der Waals surface area contributed by atoms with Crippen molar-refractivity contribution in [1.82, 2.24) is 10.2 Å². The Bertz CT molecular complexity index is 461. The monoisotopic (exact) mass is 215 g/mol. The molecule has 1 N–H and O–H groups in total. The van der Waals surface area contributed by atoms with E-state index in [9.17, 15) is 4.79 Å². The van der Waals surface area contributed by atoms with Crippen molar-refractivity contribution in [2.75, 3.05) is 26.2 Å². The maximum atomic E-state index is 11.7. The quantitative estimate of drug-likeness (QED) is 0.685. The van der Waals surface area contributed by atoms with Crippen LogP contribution in [0.25, 0.3) is 0 Å². The fourth-order valence-electron chi connectivity index (χ4n) is 2.20. The molecule has 0 unspecified atom stereocenters. The normalized spacial score (nSPS) is 19.6. The molecule has 4 nitrogen and oxygen atoms in total. The molecule has 0 saturated carbocycles. The average molecular weight is 215 g/mol. The molecule has 16 heavy (non-hydrogen) atoms. The van der Waals surface area contributed by atoms with E-state index in [-0.39, 0.29) is 5.91 Å². The second-order valence-electron chi connectivity index (χ2n) is 4.02. The lowest BCUT2D eigenvalue weighted by Gasteiger charge is -2.29.